The molecule has 0 atom stereocenters. The first-order valence-electron chi connectivity index (χ1n) is 8.06. The Morgan fingerprint density at radius 2 is 2.12 bits per heavy atom. The van der Waals surface area contributed by atoms with Gasteiger partial charge in [-0.3, -0.25) is 4.79 Å². The van der Waals surface area contributed by atoms with Crippen molar-refractivity contribution in [1.29, 1.82) is 0 Å². The molecule has 4 rings (SSSR count). The minimum Gasteiger partial charge on any atom is -0.497 e. The smallest absolute Gasteiger partial charge is 0.240 e. The van der Waals surface area contributed by atoms with Crippen molar-refractivity contribution in [3.63, 3.8) is 0 Å². The standard InChI is InChI=1S/C19H18N4O2/c1-25-14-6-7-17-13(10-14)8-9-23(17)12-19(24)20-11-18-21-15-4-2-3-5-16(15)22-18/h2-10H,11-12H2,1H3,(H,20,24)(H,21,22). The van der Waals surface area contributed by atoms with E-state index < -0.39 is 0 Å². The average molecular weight is 334 g/mol. The molecule has 25 heavy (non-hydrogen) atoms. The van der Waals surface area contributed by atoms with E-state index in [0.29, 0.717) is 6.54 Å². The summed E-state index contributed by atoms with van der Waals surface area (Å²) in [4.78, 5) is 19.9. The molecule has 0 spiro atoms. The van der Waals surface area contributed by atoms with Gasteiger partial charge in [0.25, 0.3) is 0 Å². The zero-order chi connectivity index (χ0) is 17.2. The summed E-state index contributed by atoms with van der Waals surface area (Å²) in [5.41, 5.74) is 2.87. The fourth-order valence-corrected chi connectivity index (χ4v) is 2.93. The molecule has 0 aliphatic rings. The number of nitrogens with one attached hydrogen (secondary N) is 2. The normalized spacial score (nSPS) is 11.1. The third kappa shape index (κ3) is 3.06. The number of aromatic amines is 1. The number of benzene rings is 2. The van der Waals surface area contributed by atoms with E-state index in [-0.39, 0.29) is 12.5 Å². The predicted octanol–water partition coefficient (Wildman–Crippen LogP) is 2.84. The summed E-state index contributed by atoms with van der Waals surface area (Å²) in [5.74, 6) is 1.49. The lowest BCUT2D eigenvalue weighted by atomic mass is 10.2. The number of hydrogen-bond donors (Lipinski definition) is 2. The van der Waals surface area contributed by atoms with Crippen molar-refractivity contribution in [3.8, 4) is 5.75 Å². The van der Waals surface area contributed by atoms with Crippen LogP contribution < -0.4 is 10.1 Å². The second-order valence-electron chi connectivity index (χ2n) is 5.85. The number of H-pyrrole nitrogens is 1. The highest BCUT2D eigenvalue weighted by Gasteiger charge is 2.08. The maximum Gasteiger partial charge on any atom is 0.240 e. The van der Waals surface area contributed by atoms with Crippen LogP contribution in [0.25, 0.3) is 21.9 Å². The monoisotopic (exact) mass is 334 g/mol. The highest BCUT2D eigenvalue weighted by molar-refractivity contribution is 5.84. The number of methoxy groups -OCH3 is 1. The first-order chi connectivity index (χ1) is 12.2. The van der Waals surface area contributed by atoms with E-state index in [1.54, 1.807) is 7.11 Å². The number of amides is 1. The summed E-state index contributed by atoms with van der Waals surface area (Å²) in [6.45, 7) is 0.636. The Morgan fingerprint density at radius 3 is 2.96 bits per heavy atom. The largest absolute Gasteiger partial charge is 0.497 e. The molecule has 4 aromatic rings. The molecular weight excluding hydrogens is 316 g/mol. The van der Waals surface area contributed by atoms with Gasteiger partial charge in [0.1, 0.15) is 18.1 Å². The maximum atomic E-state index is 12.3. The van der Waals surface area contributed by atoms with Gasteiger partial charge in [-0.25, -0.2) is 4.98 Å². The summed E-state index contributed by atoms with van der Waals surface area (Å²) >= 11 is 0. The average Bonchev–Trinajstić information content (AvgIpc) is 3.23. The van der Waals surface area contributed by atoms with Crippen molar-refractivity contribution in [3.05, 3.63) is 60.6 Å². The van der Waals surface area contributed by atoms with Crippen molar-refractivity contribution >= 4 is 27.8 Å². The molecule has 6 heteroatoms. The predicted molar refractivity (Wildman–Crippen MR) is 96.4 cm³/mol. The van der Waals surface area contributed by atoms with Gasteiger partial charge in [0.2, 0.25) is 5.91 Å². The van der Waals surface area contributed by atoms with Gasteiger partial charge in [0.05, 0.1) is 24.7 Å². The molecule has 6 nitrogen and oxygen atoms in total. The van der Waals surface area contributed by atoms with E-state index in [1.807, 2.05) is 59.3 Å². The number of imidazole rings is 1. The van der Waals surface area contributed by atoms with Crippen LogP contribution in [0.4, 0.5) is 0 Å². The summed E-state index contributed by atoms with van der Waals surface area (Å²) in [7, 11) is 1.64. The van der Waals surface area contributed by atoms with E-state index in [0.717, 1.165) is 33.5 Å². The van der Waals surface area contributed by atoms with Gasteiger partial charge in [0, 0.05) is 17.1 Å². The van der Waals surface area contributed by atoms with E-state index in [2.05, 4.69) is 15.3 Å². The minimum absolute atomic E-state index is 0.0613. The lowest BCUT2D eigenvalue weighted by molar-refractivity contribution is -0.121. The lowest BCUT2D eigenvalue weighted by Gasteiger charge is -2.07. The van der Waals surface area contributed by atoms with Crippen molar-refractivity contribution in [2.75, 3.05) is 7.11 Å². The van der Waals surface area contributed by atoms with Crippen molar-refractivity contribution < 1.29 is 9.53 Å². The Kier molecular flexibility index (Phi) is 3.85. The van der Waals surface area contributed by atoms with Crippen LogP contribution in [0.2, 0.25) is 0 Å². The number of para-hydroxylation sites is 2. The van der Waals surface area contributed by atoms with Gasteiger partial charge >= 0.3 is 0 Å². The Bertz CT molecular complexity index is 1010. The number of carbonyl (C=O) groups is 1. The van der Waals surface area contributed by atoms with Gasteiger partial charge in [-0.05, 0) is 36.4 Å². The fraction of sp³-hybridized carbons (Fsp3) is 0.158. The minimum atomic E-state index is -0.0613. The van der Waals surface area contributed by atoms with Crippen molar-refractivity contribution in [2.45, 2.75) is 13.1 Å². The third-order valence-corrected chi connectivity index (χ3v) is 4.18. The van der Waals surface area contributed by atoms with Crippen LogP contribution in [0.5, 0.6) is 5.75 Å². The third-order valence-electron chi connectivity index (χ3n) is 4.18. The van der Waals surface area contributed by atoms with E-state index in [9.17, 15) is 4.79 Å². The Balaban J connectivity index is 1.43. The molecule has 0 bridgehead atoms. The molecule has 126 valence electrons. The van der Waals surface area contributed by atoms with Gasteiger partial charge in [-0.15, -0.1) is 0 Å². The van der Waals surface area contributed by atoms with Gasteiger partial charge in [-0.1, -0.05) is 12.1 Å². The molecule has 0 radical (unpaired) electrons. The number of ether oxygens (including phenoxy) is 1. The molecule has 2 aromatic heterocycles. The molecule has 0 saturated carbocycles. The Morgan fingerprint density at radius 1 is 1.24 bits per heavy atom. The zero-order valence-electron chi connectivity index (χ0n) is 13.8. The SMILES string of the molecule is COc1ccc2c(ccn2CC(=O)NCc2nc3ccccc3[nH]2)c1. The van der Waals surface area contributed by atoms with Crippen LogP contribution >= 0.6 is 0 Å². The number of nitrogens with zero attached hydrogens (tertiary/aromatic N) is 2. The van der Waals surface area contributed by atoms with Crippen molar-refractivity contribution in [2.24, 2.45) is 0 Å². The highest BCUT2D eigenvalue weighted by Crippen LogP contribution is 2.21. The molecule has 0 aliphatic heterocycles. The van der Waals surface area contributed by atoms with Gasteiger partial charge in [-0.2, -0.15) is 0 Å². The van der Waals surface area contributed by atoms with Crippen molar-refractivity contribution in [1.82, 2.24) is 19.9 Å². The van der Waals surface area contributed by atoms with E-state index in [4.69, 9.17) is 4.74 Å². The number of hydrogen-bond acceptors (Lipinski definition) is 3. The second kappa shape index (κ2) is 6.32. The molecular formula is C19H18N4O2. The van der Waals surface area contributed by atoms with Crippen LogP contribution in [0, 0.1) is 0 Å². The van der Waals surface area contributed by atoms with Gasteiger partial charge < -0.3 is 19.6 Å². The molecule has 0 aliphatic carbocycles. The van der Waals surface area contributed by atoms with Crippen LogP contribution in [-0.2, 0) is 17.9 Å². The van der Waals surface area contributed by atoms with Crippen LogP contribution in [0.15, 0.2) is 54.7 Å². The number of carbonyl (C=O) groups excluding carboxylic acids is 1. The molecule has 2 heterocycles. The van der Waals surface area contributed by atoms with Crippen LogP contribution in [0.3, 0.4) is 0 Å². The molecule has 2 N–H and O–H groups in total. The van der Waals surface area contributed by atoms with E-state index >= 15 is 0 Å². The first-order valence-corrected chi connectivity index (χ1v) is 8.06. The lowest BCUT2D eigenvalue weighted by Crippen LogP contribution is -2.27. The summed E-state index contributed by atoms with van der Waals surface area (Å²) in [6.07, 6.45) is 1.91. The van der Waals surface area contributed by atoms with E-state index in [1.165, 1.54) is 0 Å². The van der Waals surface area contributed by atoms with Gasteiger partial charge in [0.15, 0.2) is 0 Å². The summed E-state index contributed by atoms with van der Waals surface area (Å²) in [5, 5.41) is 3.95. The fourth-order valence-electron chi connectivity index (χ4n) is 2.93. The second-order valence-corrected chi connectivity index (χ2v) is 5.85. The molecule has 0 saturated heterocycles. The highest BCUT2D eigenvalue weighted by atomic mass is 16.5. The zero-order valence-corrected chi connectivity index (χ0v) is 13.8. The van der Waals surface area contributed by atoms with Crippen LogP contribution in [0.1, 0.15) is 5.82 Å². The van der Waals surface area contributed by atoms with Crippen LogP contribution in [-0.4, -0.2) is 27.6 Å². The topological polar surface area (TPSA) is 71.9 Å². The molecule has 1 amide bonds. The number of aromatic nitrogens is 3. The maximum absolute atomic E-state index is 12.3. The molecule has 2 aromatic carbocycles. The number of rotatable bonds is 5. The summed E-state index contributed by atoms with van der Waals surface area (Å²) in [6, 6.07) is 15.6. The Hall–Kier alpha value is -3.28. The first kappa shape index (κ1) is 15.3. The molecule has 0 unspecified atom stereocenters. The quantitative estimate of drug-likeness (QED) is 0.589. The Labute approximate surface area is 144 Å². The molecule has 0 fully saturated rings. The summed E-state index contributed by atoms with van der Waals surface area (Å²) < 4.78 is 7.15. The number of fused-ring (bicyclic) bond motifs is 2.